The average Bonchev–Trinajstić information content (AvgIpc) is 2.83. The molecular formula is C15H22FN3O. The number of carbonyl (C=O) groups excluding carboxylic acids is 1. The predicted molar refractivity (Wildman–Crippen MR) is 79.2 cm³/mol. The van der Waals surface area contributed by atoms with Crippen molar-refractivity contribution in [1.29, 1.82) is 0 Å². The van der Waals surface area contributed by atoms with Crippen molar-refractivity contribution >= 4 is 17.3 Å². The van der Waals surface area contributed by atoms with E-state index in [-0.39, 0.29) is 16.7 Å². The Morgan fingerprint density at radius 1 is 1.40 bits per heavy atom. The van der Waals surface area contributed by atoms with Crippen LogP contribution in [-0.4, -0.2) is 19.0 Å². The summed E-state index contributed by atoms with van der Waals surface area (Å²) < 4.78 is 14.1. The maximum Gasteiger partial charge on any atom is 0.250 e. The molecular weight excluding hydrogens is 257 g/mol. The van der Waals surface area contributed by atoms with E-state index in [1.165, 1.54) is 12.1 Å². The average molecular weight is 279 g/mol. The molecule has 0 unspecified atom stereocenters. The van der Waals surface area contributed by atoms with Crippen molar-refractivity contribution in [1.82, 2.24) is 0 Å². The minimum absolute atomic E-state index is 0.0928. The van der Waals surface area contributed by atoms with Crippen LogP contribution in [0.5, 0.6) is 0 Å². The third-order valence-electron chi connectivity index (χ3n) is 4.66. The molecule has 110 valence electrons. The molecule has 1 aromatic rings. The number of nitrogens with two attached hydrogens (primary N) is 2. The Hall–Kier alpha value is -1.78. The van der Waals surface area contributed by atoms with Gasteiger partial charge in [-0.05, 0) is 36.8 Å². The molecule has 0 aromatic heterocycles. The Bertz CT molecular complexity index is 526. The fourth-order valence-corrected chi connectivity index (χ4v) is 3.00. The summed E-state index contributed by atoms with van der Waals surface area (Å²) in [5.74, 6) is -1.02. The molecule has 0 radical (unpaired) electrons. The smallest absolute Gasteiger partial charge is 0.250 e. The summed E-state index contributed by atoms with van der Waals surface area (Å²) in [6.07, 6.45) is 3.17. The van der Waals surface area contributed by atoms with E-state index >= 15 is 0 Å². The standard InChI is InChI=1S/C15H22FN3O/c1-3-15(4-2)5-6-19(9-15)13-7-10(14(18)20)12(17)8-11(13)16/h7-8H,3-6,9,17H2,1-2H3,(H2,18,20). The summed E-state index contributed by atoms with van der Waals surface area (Å²) in [6.45, 7) is 5.93. The molecule has 0 saturated carbocycles. The Kier molecular flexibility index (Phi) is 3.88. The van der Waals surface area contributed by atoms with Crippen molar-refractivity contribution in [3.63, 3.8) is 0 Å². The Morgan fingerprint density at radius 2 is 2.05 bits per heavy atom. The molecule has 0 atom stereocenters. The maximum atomic E-state index is 14.1. The fourth-order valence-electron chi connectivity index (χ4n) is 3.00. The van der Waals surface area contributed by atoms with Crippen molar-refractivity contribution in [2.75, 3.05) is 23.7 Å². The quantitative estimate of drug-likeness (QED) is 0.832. The maximum absolute atomic E-state index is 14.1. The molecule has 1 aliphatic rings. The highest BCUT2D eigenvalue weighted by Gasteiger charge is 2.36. The number of carbonyl (C=O) groups is 1. The zero-order chi connectivity index (χ0) is 14.9. The largest absolute Gasteiger partial charge is 0.398 e. The van der Waals surface area contributed by atoms with Gasteiger partial charge in [0.05, 0.1) is 11.3 Å². The third kappa shape index (κ3) is 2.44. The number of nitrogens with zero attached hydrogens (tertiary/aromatic N) is 1. The monoisotopic (exact) mass is 279 g/mol. The first-order chi connectivity index (χ1) is 9.42. The van der Waals surface area contributed by atoms with Crippen LogP contribution >= 0.6 is 0 Å². The van der Waals surface area contributed by atoms with Gasteiger partial charge in [0.2, 0.25) is 0 Å². The van der Waals surface area contributed by atoms with Crippen LogP contribution in [0.4, 0.5) is 15.8 Å². The molecule has 2 rings (SSSR count). The van der Waals surface area contributed by atoms with E-state index in [0.717, 1.165) is 32.4 Å². The summed E-state index contributed by atoms with van der Waals surface area (Å²) in [5, 5.41) is 0. The number of anilines is 2. The van der Waals surface area contributed by atoms with Gasteiger partial charge in [-0.1, -0.05) is 13.8 Å². The van der Waals surface area contributed by atoms with Gasteiger partial charge in [0.25, 0.3) is 5.91 Å². The summed E-state index contributed by atoms with van der Waals surface area (Å²) in [5.41, 5.74) is 11.9. The molecule has 1 fully saturated rings. The van der Waals surface area contributed by atoms with E-state index in [1.807, 2.05) is 4.90 Å². The lowest BCUT2D eigenvalue weighted by Crippen LogP contribution is -2.27. The minimum atomic E-state index is -0.625. The first kappa shape index (κ1) is 14.6. The SMILES string of the molecule is CCC1(CC)CCN(c2cc(C(N)=O)c(N)cc2F)C1. The van der Waals surface area contributed by atoms with E-state index in [0.29, 0.717) is 5.69 Å². The molecule has 4 N–H and O–H groups in total. The van der Waals surface area contributed by atoms with Crippen molar-refractivity contribution < 1.29 is 9.18 Å². The van der Waals surface area contributed by atoms with Gasteiger partial charge in [-0.2, -0.15) is 0 Å². The van der Waals surface area contributed by atoms with Gasteiger partial charge < -0.3 is 16.4 Å². The van der Waals surface area contributed by atoms with E-state index in [9.17, 15) is 9.18 Å². The second-order valence-corrected chi connectivity index (χ2v) is 5.63. The number of hydrogen-bond donors (Lipinski definition) is 2. The van der Waals surface area contributed by atoms with Crippen molar-refractivity contribution in [2.24, 2.45) is 11.1 Å². The first-order valence-corrected chi connectivity index (χ1v) is 7.06. The fraction of sp³-hybridized carbons (Fsp3) is 0.533. The number of amides is 1. The summed E-state index contributed by atoms with van der Waals surface area (Å²) >= 11 is 0. The van der Waals surface area contributed by atoms with Crippen molar-refractivity contribution in [3.05, 3.63) is 23.5 Å². The van der Waals surface area contributed by atoms with Gasteiger partial charge in [-0.3, -0.25) is 4.79 Å². The predicted octanol–water partition coefficient (Wildman–Crippen LogP) is 2.52. The van der Waals surface area contributed by atoms with Gasteiger partial charge >= 0.3 is 0 Å². The van der Waals surface area contributed by atoms with Crippen LogP contribution in [0, 0.1) is 11.2 Å². The third-order valence-corrected chi connectivity index (χ3v) is 4.66. The highest BCUT2D eigenvalue weighted by atomic mass is 19.1. The molecule has 1 saturated heterocycles. The summed E-state index contributed by atoms with van der Waals surface area (Å²) in [4.78, 5) is 13.3. The number of hydrogen-bond acceptors (Lipinski definition) is 3. The topological polar surface area (TPSA) is 72.3 Å². The summed E-state index contributed by atoms with van der Waals surface area (Å²) in [6, 6.07) is 2.67. The molecule has 4 nitrogen and oxygen atoms in total. The molecule has 20 heavy (non-hydrogen) atoms. The van der Waals surface area contributed by atoms with Crippen LogP contribution in [0.2, 0.25) is 0 Å². The van der Waals surface area contributed by atoms with Gasteiger partial charge in [0.1, 0.15) is 5.82 Å². The van der Waals surface area contributed by atoms with Crippen molar-refractivity contribution in [2.45, 2.75) is 33.1 Å². The van der Waals surface area contributed by atoms with Gasteiger partial charge in [-0.15, -0.1) is 0 Å². The molecule has 1 aliphatic heterocycles. The number of primary amides is 1. The molecule has 0 bridgehead atoms. The Labute approximate surface area is 118 Å². The first-order valence-electron chi connectivity index (χ1n) is 7.06. The molecule has 0 spiro atoms. The number of halogens is 1. The van der Waals surface area contributed by atoms with Gasteiger partial charge in [0, 0.05) is 18.8 Å². The highest BCUT2D eigenvalue weighted by molar-refractivity contribution is 5.99. The van der Waals surface area contributed by atoms with E-state index in [1.54, 1.807) is 0 Å². The zero-order valence-electron chi connectivity index (χ0n) is 12.1. The minimum Gasteiger partial charge on any atom is -0.398 e. The zero-order valence-corrected chi connectivity index (χ0v) is 12.1. The lowest BCUT2D eigenvalue weighted by Gasteiger charge is -2.27. The number of benzene rings is 1. The van der Waals surface area contributed by atoms with Crippen LogP contribution in [0.3, 0.4) is 0 Å². The van der Waals surface area contributed by atoms with E-state index in [4.69, 9.17) is 11.5 Å². The highest BCUT2D eigenvalue weighted by Crippen LogP contribution is 2.40. The van der Waals surface area contributed by atoms with Crippen LogP contribution in [-0.2, 0) is 0 Å². The lowest BCUT2D eigenvalue weighted by molar-refractivity contribution is 0.100. The van der Waals surface area contributed by atoms with Crippen LogP contribution in [0.25, 0.3) is 0 Å². The van der Waals surface area contributed by atoms with Crippen LogP contribution in [0.1, 0.15) is 43.5 Å². The molecule has 1 aromatic carbocycles. The lowest BCUT2D eigenvalue weighted by atomic mass is 9.82. The van der Waals surface area contributed by atoms with Crippen molar-refractivity contribution in [3.8, 4) is 0 Å². The normalized spacial score (nSPS) is 17.4. The van der Waals surface area contributed by atoms with E-state index < -0.39 is 11.7 Å². The molecule has 1 heterocycles. The summed E-state index contributed by atoms with van der Waals surface area (Å²) in [7, 11) is 0. The molecule has 1 amide bonds. The van der Waals surface area contributed by atoms with Crippen LogP contribution in [0.15, 0.2) is 12.1 Å². The second-order valence-electron chi connectivity index (χ2n) is 5.63. The van der Waals surface area contributed by atoms with E-state index in [2.05, 4.69) is 13.8 Å². The Balaban J connectivity index is 2.35. The Morgan fingerprint density at radius 3 is 2.55 bits per heavy atom. The molecule has 5 heteroatoms. The molecule has 0 aliphatic carbocycles. The van der Waals surface area contributed by atoms with Gasteiger partial charge in [-0.25, -0.2) is 4.39 Å². The number of nitrogen functional groups attached to an aromatic ring is 1. The number of rotatable bonds is 4. The van der Waals surface area contributed by atoms with Crippen LogP contribution < -0.4 is 16.4 Å². The second kappa shape index (κ2) is 5.31. The van der Waals surface area contributed by atoms with Gasteiger partial charge in [0.15, 0.2) is 0 Å².